The van der Waals surface area contributed by atoms with Gasteiger partial charge in [-0.3, -0.25) is 9.80 Å². The Hall–Kier alpha value is -1.30. The fraction of sp³-hybridized carbons (Fsp3) is 0.900. The molecule has 0 fully saturated rings. The highest BCUT2D eigenvalue weighted by atomic mass is 16.5. The van der Waals surface area contributed by atoms with E-state index in [0.29, 0.717) is 0 Å². The predicted molar refractivity (Wildman–Crippen MR) is 111 cm³/mol. The molecule has 5 N–H and O–H groups in total. The Balaban J connectivity index is 5.55. The van der Waals surface area contributed by atoms with Crippen molar-refractivity contribution in [1.82, 2.24) is 9.80 Å². The van der Waals surface area contributed by atoms with Gasteiger partial charge in [-0.1, -0.05) is 0 Å². The van der Waals surface area contributed by atoms with E-state index in [2.05, 4.69) is 0 Å². The monoisotopic (exact) mass is 436 g/mol. The third-order valence-electron chi connectivity index (χ3n) is 4.88. The number of ether oxygens (including phenoxy) is 1. The van der Waals surface area contributed by atoms with Crippen molar-refractivity contribution in [1.29, 1.82) is 0 Å². The molecule has 0 rings (SSSR count). The maximum Gasteiger partial charge on any atom is 0.338 e. The number of hydrogen-bond acceptors (Lipinski definition) is 9. The van der Waals surface area contributed by atoms with Crippen LogP contribution in [0, 0.1) is 0 Å². The van der Waals surface area contributed by atoms with Crippen LogP contribution in [0.4, 0.5) is 0 Å². The summed E-state index contributed by atoms with van der Waals surface area (Å²) in [6.07, 6.45) is -8.98. The molecule has 0 radical (unpaired) electrons. The van der Waals surface area contributed by atoms with E-state index in [-0.39, 0.29) is 24.2 Å². The van der Waals surface area contributed by atoms with Gasteiger partial charge in [0.05, 0.1) is 0 Å². The Morgan fingerprint density at radius 3 is 1.40 bits per heavy atom. The van der Waals surface area contributed by atoms with Crippen molar-refractivity contribution in [3.8, 4) is 0 Å². The summed E-state index contributed by atoms with van der Waals surface area (Å²) in [4.78, 5) is 27.8. The largest absolute Gasteiger partial charge is 0.479 e. The zero-order chi connectivity index (χ0) is 23.9. The van der Waals surface area contributed by atoms with Crippen LogP contribution < -0.4 is 0 Å². The van der Waals surface area contributed by atoms with Gasteiger partial charge in [-0.25, -0.2) is 9.59 Å². The fourth-order valence-corrected chi connectivity index (χ4v) is 3.62. The van der Waals surface area contributed by atoms with E-state index < -0.39 is 49.1 Å². The number of carboxylic acids is 1. The lowest BCUT2D eigenvalue weighted by Gasteiger charge is -2.46. The van der Waals surface area contributed by atoms with Crippen molar-refractivity contribution in [3.63, 3.8) is 0 Å². The molecule has 10 nitrogen and oxygen atoms in total. The lowest BCUT2D eigenvalue weighted by molar-refractivity contribution is -0.177. The van der Waals surface area contributed by atoms with Gasteiger partial charge in [0.1, 0.15) is 24.9 Å². The number of rotatable bonds is 13. The zero-order valence-electron chi connectivity index (χ0n) is 19.3. The molecule has 0 aliphatic carbocycles. The summed E-state index contributed by atoms with van der Waals surface area (Å²) in [7, 11) is 0. The number of nitrogens with zero attached hydrogens (tertiary/aromatic N) is 2. The summed E-state index contributed by atoms with van der Waals surface area (Å²) in [5.74, 6) is -2.39. The van der Waals surface area contributed by atoms with Crippen LogP contribution in [0.5, 0.6) is 0 Å². The normalized spacial score (nSPS) is 16.8. The van der Waals surface area contributed by atoms with Crippen LogP contribution in [0.1, 0.15) is 55.4 Å². The van der Waals surface area contributed by atoms with Crippen molar-refractivity contribution in [2.24, 2.45) is 0 Å². The molecular formula is C20H40N2O8. The van der Waals surface area contributed by atoms with E-state index in [0.717, 1.165) is 0 Å². The van der Waals surface area contributed by atoms with Crippen LogP contribution in [-0.4, -0.2) is 109 Å². The first kappa shape index (κ1) is 28.7. The maximum absolute atomic E-state index is 13.1. The van der Waals surface area contributed by atoms with Crippen molar-refractivity contribution in [3.05, 3.63) is 0 Å². The average Bonchev–Trinajstić information content (AvgIpc) is 2.61. The van der Waals surface area contributed by atoms with Crippen molar-refractivity contribution in [2.45, 2.75) is 110 Å². The second-order valence-corrected chi connectivity index (χ2v) is 8.60. The minimum atomic E-state index is -2.28. The average molecular weight is 437 g/mol. The highest BCUT2D eigenvalue weighted by Crippen LogP contribution is 2.21. The van der Waals surface area contributed by atoms with Gasteiger partial charge in [-0.2, -0.15) is 0 Å². The van der Waals surface area contributed by atoms with Gasteiger partial charge in [0.2, 0.25) is 0 Å². The fourth-order valence-electron chi connectivity index (χ4n) is 3.62. The minimum absolute atomic E-state index is 0.00518. The number of carbonyl (C=O) groups is 2. The third-order valence-corrected chi connectivity index (χ3v) is 4.88. The number of aliphatic hydroxyl groups is 4. The Kier molecular flexibility index (Phi) is 12.0. The summed E-state index contributed by atoms with van der Waals surface area (Å²) in [5, 5.41) is 47.6. The highest BCUT2D eigenvalue weighted by molar-refractivity contribution is 5.75. The number of esters is 1. The van der Waals surface area contributed by atoms with Crippen LogP contribution in [0.25, 0.3) is 0 Å². The summed E-state index contributed by atoms with van der Waals surface area (Å²) < 4.78 is 5.27. The minimum Gasteiger partial charge on any atom is -0.479 e. The topological polar surface area (TPSA) is 151 Å². The van der Waals surface area contributed by atoms with E-state index in [1.807, 2.05) is 65.2 Å². The predicted octanol–water partition coefficient (Wildman–Crippen LogP) is -0.378. The second-order valence-electron chi connectivity index (χ2n) is 8.60. The molecule has 4 unspecified atom stereocenters. The molecule has 0 saturated carbocycles. The van der Waals surface area contributed by atoms with Crippen LogP contribution in [0.3, 0.4) is 0 Å². The summed E-state index contributed by atoms with van der Waals surface area (Å²) in [6.45, 7) is 15.0. The Bertz CT molecular complexity index is 505. The second kappa shape index (κ2) is 12.5. The quantitative estimate of drug-likeness (QED) is 0.191. The molecule has 0 aromatic carbocycles. The Morgan fingerprint density at radius 1 is 0.733 bits per heavy atom. The van der Waals surface area contributed by atoms with Gasteiger partial charge in [-0.15, -0.1) is 0 Å². The first-order valence-corrected chi connectivity index (χ1v) is 10.3. The van der Waals surface area contributed by atoms with Gasteiger partial charge in [-0.05, 0) is 55.4 Å². The SMILES string of the molecule is CC(C)N(C(C)C)C(C(=O)OCC(O)C(O)C(O)C(O)C(=O)O)N(C(C)C)C(C)C. The molecule has 0 heterocycles. The van der Waals surface area contributed by atoms with Gasteiger partial charge in [0, 0.05) is 24.2 Å². The van der Waals surface area contributed by atoms with E-state index in [9.17, 15) is 30.0 Å². The van der Waals surface area contributed by atoms with Crippen LogP contribution in [-0.2, 0) is 14.3 Å². The number of hydrogen-bond donors (Lipinski definition) is 5. The van der Waals surface area contributed by atoms with E-state index >= 15 is 0 Å². The first-order valence-electron chi connectivity index (χ1n) is 10.3. The third kappa shape index (κ3) is 7.75. The molecule has 0 bridgehead atoms. The van der Waals surface area contributed by atoms with Crippen molar-refractivity contribution >= 4 is 11.9 Å². The molecule has 0 aliphatic heterocycles. The zero-order valence-corrected chi connectivity index (χ0v) is 19.3. The van der Waals surface area contributed by atoms with Crippen molar-refractivity contribution < 1.29 is 39.9 Å². The van der Waals surface area contributed by atoms with Crippen LogP contribution >= 0.6 is 0 Å². The molecular weight excluding hydrogens is 396 g/mol. The van der Waals surface area contributed by atoms with Gasteiger partial charge < -0.3 is 30.3 Å². The molecule has 10 heteroatoms. The van der Waals surface area contributed by atoms with Gasteiger partial charge in [0.25, 0.3) is 0 Å². The molecule has 0 aliphatic rings. The lowest BCUT2D eigenvalue weighted by Crippen LogP contribution is -2.62. The van der Waals surface area contributed by atoms with Gasteiger partial charge >= 0.3 is 11.9 Å². The summed E-state index contributed by atoms with van der Waals surface area (Å²) in [6, 6.07) is 0.0207. The molecule has 0 spiro atoms. The maximum atomic E-state index is 13.1. The Morgan fingerprint density at radius 2 is 1.10 bits per heavy atom. The lowest BCUT2D eigenvalue weighted by atomic mass is 10.0. The van der Waals surface area contributed by atoms with E-state index in [4.69, 9.17) is 9.84 Å². The molecule has 30 heavy (non-hydrogen) atoms. The van der Waals surface area contributed by atoms with E-state index in [1.54, 1.807) is 0 Å². The summed E-state index contributed by atoms with van der Waals surface area (Å²) in [5.41, 5.74) is 0. The van der Waals surface area contributed by atoms with E-state index in [1.165, 1.54) is 0 Å². The highest BCUT2D eigenvalue weighted by Gasteiger charge is 2.40. The van der Waals surface area contributed by atoms with Crippen LogP contribution in [0.2, 0.25) is 0 Å². The van der Waals surface area contributed by atoms with Crippen molar-refractivity contribution in [2.75, 3.05) is 6.61 Å². The standard InChI is InChI=1S/C20H40N2O8/c1-10(2)21(11(3)4)18(22(12(5)6)13(7)8)20(29)30-9-14(23)15(24)16(25)17(26)19(27)28/h10-18,23-26H,9H2,1-8H3,(H,27,28). The van der Waals surface area contributed by atoms with Gasteiger partial charge in [0.15, 0.2) is 12.3 Å². The Labute approximate surface area is 179 Å². The molecule has 4 atom stereocenters. The number of aliphatic hydroxyl groups excluding tert-OH is 4. The molecule has 0 amide bonds. The molecule has 178 valence electrons. The number of aliphatic carboxylic acids is 1. The molecule has 0 aromatic rings. The molecule has 0 aromatic heterocycles. The number of carboxylic acid groups (broad SMARTS) is 1. The smallest absolute Gasteiger partial charge is 0.338 e. The van der Waals surface area contributed by atoms with Crippen LogP contribution in [0.15, 0.2) is 0 Å². The molecule has 0 saturated heterocycles. The first-order chi connectivity index (χ1) is 13.6. The summed E-state index contributed by atoms with van der Waals surface area (Å²) >= 11 is 0. The number of carbonyl (C=O) groups excluding carboxylic acids is 1.